The maximum absolute atomic E-state index is 6.09. The minimum absolute atomic E-state index is 0.318. The number of nitrogens with one attached hydrogen (secondary N) is 1. The van der Waals surface area contributed by atoms with Gasteiger partial charge in [-0.1, -0.05) is 12.5 Å². The average molecular weight is 289 g/mol. The lowest BCUT2D eigenvalue weighted by Gasteiger charge is -2.22. The zero-order valence-electron chi connectivity index (χ0n) is 13.4. The SMILES string of the molecule is CNC(C)c1ccc(OCC2CC3CCC2C3)c(OC)c1. The van der Waals surface area contributed by atoms with Crippen LogP contribution in [0, 0.1) is 17.8 Å². The molecule has 1 aromatic carbocycles. The van der Waals surface area contributed by atoms with Gasteiger partial charge in [0.1, 0.15) is 0 Å². The maximum atomic E-state index is 6.09. The van der Waals surface area contributed by atoms with Crippen molar-refractivity contribution in [2.24, 2.45) is 17.8 Å². The summed E-state index contributed by atoms with van der Waals surface area (Å²) in [4.78, 5) is 0. The minimum atomic E-state index is 0.318. The third-order valence-corrected chi connectivity index (χ3v) is 5.46. The number of benzene rings is 1. The van der Waals surface area contributed by atoms with Gasteiger partial charge in [-0.25, -0.2) is 0 Å². The van der Waals surface area contributed by atoms with Crippen LogP contribution in [0.1, 0.15) is 44.2 Å². The first-order valence-corrected chi connectivity index (χ1v) is 8.19. The fourth-order valence-corrected chi connectivity index (χ4v) is 4.02. The zero-order chi connectivity index (χ0) is 14.8. The van der Waals surface area contributed by atoms with E-state index in [1.165, 1.54) is 31.2 Å². The molecule has 2 saturated carbocycles. The molecule has 0 radical (unpaired) electrons. The van der Waals surface area contributed by atoms with Crippen LogP contribution in [-0.2, 0) is 0 Å². The number of fused-ring (bicyclic) bond motifs is 2. The number of methoxy groups -OCH3 is 1. The summed E-state index contributed by atoms with van der Waals surface area (Å²) in [7, 11) is 3.68. The first-order valence-electron chi connectivity index (χ1n) is 8.19. The van der Waals surface area contributed by atoms with Crippen molar-refractivity contribution in [1.82, 2.24) is 5.32 Å². The van der Waals surface area contributed by atoms with Crippen molar-refractivity contribution in [3.05, 3.63) is 23.8 Å². The standard InChI is InChI=1S/C18H27NO2/c1-12(19-2)14-6-7-17(18(10-14)20-3)21-11-16-9-13-4-5-15(16)8-13/h6-7,10,12-13,15-16,19H,4-5,8-9,11H2,1-3H3. The van der Waals surface area contributed by atoms with Crippen molar-refractivity contribution in [2.45, 2.75) is 38.6 Å². The van der Waals surface area contributed by atoms with Crippen LogP contribution in [0.15, 0.2) is 18.2 Å². The first-order chi connectivity index (χ1) is 10.2. The zero-order valence-corrected chi connectivity index (χ0v) is 13.4. The van der Waals surface area contributed by atoms with Crippen molar-refractivity contribution < 1.29 is 9.47 Å². The Balaban J connectivity index is 1.64. The van der Waals surface area contributed by atoms with E-state index in [2.05, 4.69) is 30.4 Å². The predicted octanol–water partition coefficient (Wildman–Crippen LogP) is 3.79. The van der Waals surface area contributed by atoms with Crippen LogP contribution in [-0.4, -0.2) is 20.8 Å². The van der Waals surface area contributed by atoms with Gasteiger partial charge in [0.15, 0.2) is 11.5 Å². The Morgan fingerprint density at radius 2 is 2.10 bits per heavy atom. The van der Waals surface area contributed by atoms with E-state index in [4.69, 9.17) is 9.47 Å². The van der Waals surface area contributed by atoms with Gasteiger partial charge in [0.05, 0.1) is 13.7 Å². The molecule has 4 atom stereocenters. The lowest BCUT2D eigenvalue weighted by atomic mass is 9.89. The number of rotatable bonds is 6. The van der Waals surface area contributed by atoms with Crippen molar-refractivity contribution in [3.63, 3.8) is 0 Å². The second-order valence-electron chi connectivity index (χ2n) is 6.67. The molecule has 116 valence electrons. The summed E-state index contributed by atoms with van der Waals surface area (Å²) >= 11 is 0. The quantitative estimate of drug-likeness (QED) is 0.864. The van der Waals surface area contributed by atoms with Crippen molar-refractivity contribution in [3.8, 4) is 11.5 Å². The Morgan fingerprint density at radius 3 is 2.71 bits per heavy atom. The normalized spacial score (nSPS) is 28.6. The summed E-state index contributed by atoms with van der Waals surface area (Å²) in [5, 5.41) is 3.25. The van der Waals surface area contributed by atoms with Crippen LogP contribution in [0.25, 0.3) is 0 Å². The third-order valence-electron chi connectivity index (χ3n) is 5.46. The maximum Gasteiger partial charge on any atom is 0.161 e. The lowest BCUT2D eigenvalue weighted by molar-refractivity contribution is 0.189. The number of hydrogen-bond acceptors (Lipinski definition) is 3. The van der Waals surface area contributed by atoms with Gasteiger partial charge in [0.25, 0.3) is 0 Å². The molecule has 2 aliphatic carbocycles. The van der Waals surface area contributed by atoms with Crippen molar-refractivity contribution >= 4 is 0 Å². The van der Waals surface area contributed by atoms with Gasteiger partial charge in [0, 0.05) is 6.04 Å². The highest BCUT2D eigenvalue weighted by atomic mass is 16.5. The van der Waals surface area contributed by atoms with Crippen molar-refractivity contribution in [2.75, 3.05) is 20.8 Å². The van der Waals surface area contributed by atoms with Crippen molar-refractivity contribution in [1.29, 1.82) is 0 Å². The Morgan fingerprint density at radius 1 is 1.24 bits per heavy atom. The Labute approximate surface area is 128 Å². The van der Waals surface area contributed by atoms with Crippen LogP contribution >= 0.6 is 0 Å². The molecule has 0 aromatic heterocycles. The molecule has 1 N–H and O–H groups in total. The number of ether oxygens (including phenoxy) is 2. The molecule has 3 heteroatoms. The van der Waals surface area contributed by atoms with E-state index in [1.807, 2.05) is 7.05 Å². The summed E-state index contributed by atoms with van der Waals surface area (Å²) in [6.45, 7) is 2.99. The highest BCUT2D eigenvalue weighted by Gasteiger charge is 2.39. The molecule has 0 heterocycles. The van der Waals surface area contributed by atoms with E-state index in [0.29, 0.717) is 6.04 Å². The molecule has 3 rings (SSSR count). The topological polar surface area (TPSA) is 30.5 Å². The van der Waals surface area contributed by atoms with Crippen LogP contribution in [0.4, 0.5) is 0 Å². The summed E-state index contributed by atoms with van der Waals surface area (Å²) in [6.07, 6.45) is 5.65. The molecule has 0 amide bonds. The summed E-state index contributed by atoms with van der Waals surface area (Å²) < 4.78 is 11.6. The predicted molar refractivity (Wildman–Crippen MR) is 84.9 cm³/mol. The van der Waals surface area contributed by atoms with Gasteiger partial charge >= 0.3 is 0 Å². The molecule has 0 spiro atoms. The second-order valence-corrected chi connectivity index (χ2v) is 6.67. The van der Waals surface area contributed by atoms with E-state index in [9.17, 15) is 0 Å². The molecule has 2 aliphatic rings. The molecule has 1 aromatic rings. The van der Waals surface area contributed by atoms with Crippen LogP contribution in [0.3, 0.4) is 0 Å². The Bertz CT molecular complexity index is 488. The third kappa shape index (κ3) is 3.03. The molecule has 2 fully saturated rings. The minimum Gasteiger partial charge on any atom is -0.493 e. The highest BCUT2D eigenvalue weighted by Crippen LogP contribution is 2.48. The van der Waals surface area contributed by atoms with E-state index in [-0.39, 0.29) is 0 Å². The lowest BCUT2D eigenvalue weighted by Crippen LogP contribution is -2.18. The summed E-state index contributed by atoms with van der Waals surface area (Å²) in [5.74, 6) is 4.36. The van der Waals surface area contributed by atoms with E-state index in [0.717, 1.165) is 35.9 Å². The molecule has 3 nitrogen and oxygen atoms in total. The molecule has 21 heavy (non-hydrogen) atoms. The van der Waals surface area contributed by atoms with Gasteiger partial charge in [-0.3, -0.25) is 0 Å². The molecular formula is C18H27NO2. The van der Waals surface area contributed by atoms with Crippen LogP contribution in [0.2, 0.25) is 0 Å². The number of hydrogen-bond donors (Lipinski definition) is 1. The van der Waals surface area contributed by atoms with E-state index >= 15 is 0 Å². The molecular weight excluding hydrogens is 262 g/mol. The molecule has 2 bridgehead atoms. The Kier molecular flexibility index (Phi) is 4.39. The van der Waals surface area contributed by atoms with Gasteiger partial charge in [-0.05, 0) is 68.7 Å². The fourth-order valence-electron chi connectivity index (χ4n) is 4.02. The van der Waals surface area contributed by atoms with Gasteiger partial charge in [-0.15, -0.1) is 0 Å². The highest BCUT2D eigenvalue weighted by molar-refractivity contribution is 5.43. The van der Waals surface area contributed by atoms with Crippen LogP contribution in [0.5, 0.6) is 11.5 Å². The second kappa shape index (κ2) is 6.27. The van der Waals surface area contributed by atoms with E-state index < -0.39 is 0 Å². The first kappa shape index (κ1) is 14.7. The average Bonchev–Trinajstić information content (AvgIpc) is 3.14. The smallest absolute Gasteiger partial charge is 0.161 e. The largest absolute Gasteiger partial charge is 0.493 e. The summed E-state index contributed by atoms with van der Waals surface area (Å²) in [5.41, 5.74) is 1.22. The molecule has 0 aliphatic heterocycles. The van der Waals surface area contributed by atoms with Gasteiger partial charge < -0.3 is 14.8 Å². The van der Waals surface area contributed by atoms with Gasteiger partial charge in [0.2, 0.25) is 0 Å². The van der Waals surface area contributed by atoms with E-state index in [1.54, 1.807) is 7.11 Å². The van der Waals surface area contributed by atoms with Crippen LogP contribution < -0.4 is 14.8 Å². The molecule has 0 saturated heterocycles. The summed E-state index contributed by atoms with van der Waals surface area (Å²) in [6, 6.07) is 6.57. The fraction of sp³-hybridized carbons (Fsp3) is 0.667. The molecule has 4 unspecified atom stereocenters. The monoisotopic (exact) mass is 289 g/mol. The Hall–Kier alpha value is -1.22. The van der Waals surface area contributed by atoms with Gasteiger partial charge in [-0.2, -0.15) is 0 Å².